The van der Waals surface area contributed by atoms with Crippen molar-refractivity contribution in [2.45, 2.75) is 57.7 Å². The van der Waals surface area contributed by atoms with Crippen LogP contribution in [0, 0.1) is 0 Å². The molecule has 0 saturated carbocycles. The molecule has 2 aromatic heterocycles. The lowest BCUT2D eigenvalue weighted by Crippen LogP contribution is -2.36. The number of nitrogens with one attached hydrogen (secondary N) is 1. The molecule has 2 atom stereocenters. The molecule has 1 aliphatic heterocycles. The molecule has 0 bridgehead atoms. The van der Waals surface area contributed by atoms with Crippen LogP contribution in [0.3, 0.4) is 0 Å². The van der Waals surface area contributed by atoms with E-state index in [1.807, 2.05) is 24.1 Å². The van der Waals surface area contributed by atoms with Crippen LogP contribution in [0.25, 0.3) is 0 Å². The first kappa shape index (κ1) is 16.6. The van der Waals surface area contributed by atoms with Gasteiger partial charge in [0.05, 0.1) is 28.9 Å². The standard InChI is InChI=1S/C17H26N4OS/c1-17(2,3)16-20-13(10-23-16)8-19-12-5-6-22-15(7-12)14-9-18-11-21(14)4/h9-12,15,19H,5-8H2,1-4H3. The second-order valence-corrected chi connectivity index (χ2v) is 8.14. The number of aromatic nitrogens is 3. The van der Waals surface area contributed by atoms with E-state index in [1.54, 1.807) is 11.3 Å². The molecule has 1 aliphatic rings. The van der Waals surface area contributed by atoms with E-state index >= 15 is 0 Å². The SMILES string of the molecule is Cn1cncc1C1CC(NCc2csc(C(C)(C)C)n2)CCO1. The Morgan fingerprint density at radius 1 is 1.43 bits per heavy atom. The maximum absolute atomic E-state index is 5.92. The van der Waals surface area contributed by atoms with Crippen LogP contribution in [0.4, 0.5) is 0 Å². The second-order valence-electron chi connectivity index (χ2n) is 7.29. The quantitative estimate of drug-likeness (QED) is 0.933. The Labute approximate surface area is 142 Å². The summed E-state index contributed by atoms with van der Waals surface area (Å²) in [5.74, 6) is 0. The minimum absolute atomic E-state index is 0.131. The molecule has 2 aromatic rings. The maximum atomic E-state index is 5.92. The summed E-state index contributed by atoms with van der Waals surface area (Å²) in [6.45, 7) is 8.24. The van der Waals surface area contributed by atoms with Crippen molar-refractivity contribution >= 4 is 11.3 Å². The molecule has 0 amide bonds. The molecule has 0 aromatic carbocycles. The maximum Gasteiger partial charge on any atom is 0.100 e. The van der Waals surface area contributed by atoms with E-state index in [4.69, 9.17) is 9.72 Å². The molecule has 0 aliphatic carbocycles. The van der Waals surface area contributed by atoms with Crippen molar-refractivity contribution in [1.29, 1.82) is 0 Å². The van der Waals surface area contributed by atoms with Crippen molar-refractivity contribution in [2.24, 2.45) is 7.05 Å². The van der Waals surface area contributed by atoms with E-state index in [9.17, 15) is 0 Å². The van der Waals surface area contributed by atoms with Crippen LogP contribution in [0.1, 0.15) is 56.1 Å². The molecule has 126 valence electrons. The highest BCUT2D eigenvalue weighted by Crippen LogP contribution is 2.28. The summed E-state index contributed by atoms with van der Waals surface area (Å²) in [4.78, 5) is 8.95. The van der Waals surface area contributed by atoms with Gasteiger partial charge in [-0.15, -0.1) is 11.3 Å². The largest absolute Gasteiger partial charge is 0.372 e. The van der Waals surface area contributed by atoms with Crippen LogP contribution < -0.4 is 5.32 Å². The molecule has 0 radical (unpaired) electrons. The Balaban J connectivity index is 1.56. The fourth-order valence-corrected chi connectivity index (χ4v) is 3.75. The summed E-state index contributed by atoms with van der Waals surface area (Å²) in [5, 5.41) is 7.02. The van der Waals surface area contributed by atoms with Crippen molar-refractivity contribution in [3.8, 4) is 0 Å². The van der Waals surface area contributed by atoms with E-state index in [0.29, 0.717) is 6.04 Å². The summed E-state index contributed by atoms with van der Waals surface area (Å²) in [7, 11) is 2.02. The summed E-state index contributed by atoms with van der Waals surface area (Å²) >= 11 is 1.76. The van der Waals surface area contributed by atoms with Crippen molar-refractivity contribution in [1.82, 2.24) is 19.9 Å². The van der Waals surface area contributed by atoms with Gasteiger partial charge < -0.3 is 14.6 Å². The van der Waals surface area contributed by atoms with Gasteiger partial charge in [-0.05, 0) is 12.8 Å². The van der Waals surface area contributed by atoms with Crippen molar-refractivity contribution in [3.05, 3.63) is 34.3 Å². The lowest BCUT2D eigenvalue weighted by atomic mass is 9.98. The molecule has 3 heterocycles. The summed E-state index contributed by atoms with van der Waals surface area (Å²) in [6, 6.07) is 0.462. The third kappa shape index (κ3) is 4.00. The van der Waals surface area contributed by atoms with Crippen LogP contribution in [0.2, 0.25) is 0 Å². The van der Waals surface area contributed by atoms with Gasteiger partial charge in [-0.1, -0.05) is 20.8 Å². The number of ether oxygens (including phenoxy) is 1. The second kappa shape index (κ2) is 6.71. The topological polar surface area (TPSA) is 52.0 Å². The summed E-state index contributed by atoms with van der Waals surface area (Å²) in [5.41, 5.74) is 2.43. The molecule has 1 N–H and O–H groups in total. The fourth-order valence-electron chi connectivity index (χ4n) is 2.85. The van der Waals surface area contributed by atoms with Gasteiger partial charge in [0.15, 0.2) is 0 Å². The van der Waals surface area contributed by atoms with E-state index in [-0.39, 0.29) is 11.5 Å². The first-order valence-corrected chi connectivity index (χ1v) is 9.07. The predicted octanol–water partition coefficient (Wildman–Crippen LogP) is 3.18. The van der Waals surface area contributed by atoms with Gasteiger partial charge in [-0.25, -0.2) is 9.97 Å². The first-order chi connectivity index (χ1) is 10.9. The molecule has 0 spiro atoms. The van der Waals surface area contributed by atoms with Crippen molar-refractivity contribution in [2.75, 3.05) is 6.61 Å². The lowest BCUT2D eigenvalue weighted by Gasteiger charge is -2.30. The normalized spacial score (nSPS) is 22.4. The molecule has 5 nitrogen and oxygen atoms in total. The number of imidazole rings is 1. The Morgan fingerprint density at radius 2 is 2.26 bits per heavy atom. The van der Waals surface area contributed by atoms with Crippen molar-refractivity contribution in [3.63, 3.8) is 0 Å². The number of aryl methyl sites for hydroxylation is 1. The molecule has 3 rings (SSSR count). The van der Waals surface area contributed by atoms with E-state index in [1.165, 1.54) is 5.01 Å². The highest BCUT2D eigenvalue weighted by molar-refractivity contribution is 7.09. The van der Waals surface area contributed by atoms with Crippen LogP contribution in [0.5, 0.6) is 0 Å². The van der Waals surface area contributed by atoms with Crippen LogP contribution in [-0.2, 0) is 23.7 Å². The van der Waals surface area contributed by atoms with Gasteiger partial charge in [0, 0.05) is 37.0 Å². The molecule has 1 fully saturated rings. The molecule has 23 heavy (non-hydrogen) atoms. The number of rotatable bonds is 4. The van der Waals surface area contributed by atoms with Gasteiger partial charge >= 0.3 is 0 Å². The van der Waals surface area contributed by atoms with E-state index < -0.39 is 0 Å². The minimum atomic E-state index is 0.131. The fraction of sp³-hybridized carbons (Fsp3) is 0.647. The Bertz CT molecular complexity index is 643. The zero-order chi connectivity index (χ0) is 16.4. The molecular weight excluding hydrogens is 308 g/mol. The smallest absolute Gasteiger partial charge is 0.100 e. The molecule has 2 unspecified atom stereocenters. The van der Waals surface area contributed by atoms with Crippen molar-refractivity contribution < 1.29 is 4.74 Å². The Kier molecular flexibility index (Phi) is 4.85. The predicted molar refractivity (Wildman–Crippen MR) is 92.6 cm³/mol. The minimum Gasteiger partial charge on any atom is -0.372 e. The Hall–Kier alpha value is -1.24. The van der Waals surface area contributed by atoms with Crippen LogP contribution in [0.15, 0.2) is 17.9 Å². The molecule has 1 saturated heterocycles. The van der Waals surface area contributed by atoms with Gasteiger partial charge in [0.25, 0.3) is 0 Å². The zero-order valence-corrected chi connectivity index (χ0v) is 15.2. The summed E-state index contributed by atoms with van der Waals surface area (Å²) < 4.78 is 7.96. The van der Waals surface area contributed by atoms with Gasteiger partial charge in [0.2, 0.25) is 0 Å². The highest BCUT2D eigenvalue weighted by atomic mass is 32.1. The lowest BCUT2D eigenvalue weighted by molar-refractivity contribution is -0.00408. The average molecular weight is 334 g/mol. The van der Waals surface area contributed by atoms with Crippen LogP contribution >= 0.6 is 11.3 Å². The Morgan fingerprint density at radius 3 is 2.91 bits per heavy atom. The van der Waals surface area contributed by atoms with Gasteiger partial charge in [-0.3, -0.25) is 0 Å². The van der Waals surface area contributed by atoms with Gasteiger partial charge in [-0.2, -0.15) is 0 Å². The highest BCUT2D eigenvalue weighted by Gasteiger charge is 2.26. The number of hydrogen-bond donors (Lipinski definition) is 1. The first-order valence-electron chi connectivity index (χ1n) is 8.19. The third-order valence-electron chi connectivity index (χ3n) is 4.23. The monoisotopic (exact) mass is 334 g/mol. The molecular formula is C17H26N4OS. The number of nitrogens with zero attached hydrogens (tertiary/aromatic N) is 3. The van der Waals surface area contributed by atoms with Gasteiger partial charge in [0.1, 0.15) is 6.10 Å². The van der Waals surface area contributed by atoms with E-state index in [2.05, 4.69) is 36.5 Å². The van der Waals surface area contributed by atoms with E-state index in [0.717, 1.165) is 37.4 Å². The third-order valence-corrected chi connectivity index (χ3v) is 5.55. The average Bonchev–Trinajstić information content (AvgIpc) is 3.14. The van der Waals surface area contributed by atoms with Crippen LogP contribution in [-0.4, -0.2) is 27.2 Å². The number of hydrogen-bond acceptors (Lipinski definition) is 5. The summed E-state index contributed by atoms with van der Waals surface area (Å²) in [6.07, 6.45) is 5.90. The number of thiazole rings is 1. The molecule has 6 heteroatoms. The zero-order valence-electron chi connectivity index (χ0n) is 14.4.